The summed E-state index contributed by atoms with van der Waals surface area (Å²) in [5.74, 6) is 0.329. The van der Waals surface area contributed by atoms with Crippen molar-refractivity contribution >= 4 is 23.7 Å². The fourth-order valence-corrected chi connectivity index (χ4v) is 4.46. The molecule has 1 spiro atoms. The lowest BCUT2D eigenvalue weighted by Crippen LogP contribution is -2.57. The van der Waals surface area contributed by atoms with Crippen molar-refractivity contribution in [3.63, 3.8) is 0 Å². The second kappa shape index (κ2) is 7.61. The monoisotopic (exact) mass is 375 g/mol. The molecule has 142 valence electrons. The number of nitrogens with zero attached hydrogens (tertiary/aromatic N) is 3. The zero-order valence-corrected chi connectivity index (χ0v) is 17.0. The molecule has 0 aliphatic carbocycles. The van der Waals surface area contributed by atoms with E-state index < -0.39 is 5.54 Å². The Hall–Kier alpha value is -1.53. The third-order valence-electron chi connectivity index (χ3n) is 5.53. The Bertz CT molecular complexity index is 666. The molecular formula is C20H29N3O2S. The minimum absolute atomic E-state index is 0.0212. The Morgan fingerprint density at radius 3 is 2.27 bits per heavy atom. The number of carbonyl (C=O) groups excluding carboxylic acids is 2. The van der Waals surface area contributed by atoms with E-state index in [1.54, 1.807) is 18.8 Å². The number of imide groups is 1. The fourth-order valence-electron chi connectivity index (χ4n) is 4.05. The van der Waals surface area contributed by atoms with E-state index in [2.05, 4.69) is 49.3 Å². The Labute approximate surface area is 160 Å². The van der Waals surface area contributed by atoms with Gasteiger partial charge >= 0.3 is 6.03 Å². The molecule has 0 N–H and O–H groups in total. The van der Waals surface area contributed by atoms with Crippen LogP contribution in [0.15, 0.2) is 29.2 Å². The first-order chi connectivity index (χ1) is 12.4. The smallest absolute Gasteiger partial charge is 0.309 e. The summed E-state index contributed by atoms with van der Waals surface area (Å²) < 4.78 is 0. The molecule has 2 heterocycles. The number of benzene rings is 1. The fraction of sp³-hybridized carbons (Fsp3) is 0.600. The summed E-state index contributed by atoms with van der Waals surface area (Å²) in [6.07, 6.45) is 3.52. The Morgan fingerprint density at radius 2 is 1.73 bits per heavy atom. The number of carbonyl (C=O) groups is 2. The first-order valence-electron chi connectivity index (χ1n) is 9.32. The van der Waals surface area contributed by atoms with E-state index in [0.717, 1.165) is 32.5 Å². The van der Waals surface area contributed by atoms with Crippen LogP contribution in [0, 0.1) is 5.92 Å². The number of urea groups is 1. The van der Waals surface area contributed by atoms with Crippen molar-refractivity contribution in [3.8, 4) is 0 Å². The quantitative estimate of drug-likeness (QED) is 0.585. The number of amides is 3. The molecule has 26 heavy (non-hydrogen) atoms. The Morgan fingerprint density at radius 1 is 1.12 bits per heavy atom. The highest BCUT2D eigenvalue weighted by atomic mass is 32.2. The molecule has 2 saturated heterocycles. The van der Waals surface area contributed by atoms with Crippen molar-refractivity contribution in [2.75, 3.05) is 32.9 Å². The molecule has 2 aliphatic heterocycles. The number of hydrogen-bond donors (Lipinski definition) is 0. The van der Waals surface area contributed by atoms with Crippen LogP contribution in [0.25, 0.3) is 0 Å². The lowest BCUT2D eigenvalue weighted by atomic mass is 9.85. The second-order valence-corrected chi connectivity index (χ2v) is 8.69. The molecule has 3 rings (SSSR count). The summed E-state index contributed by atoms with van der Waals surface area (Å²) in [7, 11) is 1.62. The molecule has 3 amide bonds. The third-order valence-corrected chi connectivity index (χ3v) is 6.28. The molecular weight excluding hydrogens is 346 g/mol. The van der Waals surface area contributed by atoms with Crippen LogP contribution >= 0.6 is 11.8 Å². The van der Waals surface area contributed by atoms with Gasteiger partial charge in [0.05, 0.1) is 0 Å². The van der Waals surface area contributed by atoms with Crippen LogP contribution in [0.3, 0.4) is 0 Å². The summed E-state index contributed by atoms with van der Waals surface area (Å²) in [6, 6.07) is 8.54. The SMILES string of the molecule is CSc1ccc(CN2CCC3(CC2)C(=O)N(C)C(=O)N3CC(C)C)cc1. The van der Waals surface area contributed by atoms with E-state index in [-0.39, 0.29) is 11.9 Å². The van der Waals surface area contributed by atoms with E-state index in [4.69, 9.17) is 0 Å². The number of likely N-dealkylation sites (N-methyl/N-ethyl adjacent to an activating group) is 1. The van der Waals surface area contributed by atoms with Crippen LogP contribution in [-0.2, 0) is 11.3 Å². The Kier molecular flexibility index (Phi) is 5.63. The minimum atomic E-state index is -0.630. The summed E-state index contributed by atoms with van der Waals surface area (Å²) in [6.45, 7) is 7.41. The molecule has 6 heteroatoms. The van der Waals surface area contributed by atoms with Crippen molar-refractivity contribution in [2.45, 2.75) is 43.7 Å². The molecule has 5 nitrogen and oxygen atoms in total. The topological polar surface area (TPSA) is 43.9 Å². The Balaban J connectivity index is 1.68. The summed E-state index contributed by atoms with van der Waals surface area (Å²) in [4.78, 5) is 32.3. The largest absolute Gasteiger partial charge is 0.327 e. The average Bonchev–Trinajstić information content (AvgIpc) is 2.80. The third kappa shape index (κ3) is 3.49. The van der Waals surface area contributed by atoms with E-state index in [1.165, 1.54) is 15.4 Å². The molecule has 2 fully saturated rings. The maximum atomic E-state index is 12.9. The van der Waals surface area contributed by atoms with Gasteiger partial charge in [-0.15, -0.1) is 11.8 Å². The zero-order valence-electron chi connectivity index (χ0n) is 16.2. The molecule has 2 aliphatic rings. The van der Waals surface area contributed by atoms with Crippen molar-refractivity contribution in [2.24, 2.45) is 5.92 Å². The van der Waals surface area contributed by atoms with Gasteiger partial charge in [0.1, 0.15) is 5.54 Å². The maximum Gasteiger partial charge on any atom is 0.327 e. The summed E-state index contributed by atoms with van der Waals surface area (Å²) >= 11 is 1.75. The summed E-state index contributed by atoms with van der Waals surface area (Å²) in [5, 5.41) is 0. The number of piperidine rings is 1. The van der Waals surface area contributed by atoms with Crippen LogP contribution in [-0.4, -0.2) is 65.1 Å². The van der Waals surface area contributed by atoms with Gasteiger partial charge in [-0.1, -0.05) is 26.0 Å². The van der Waals surface area contributed by atoms with E-state index in [1.807, 2.05) is 4.90 Å². The molecule has 0 radical (unpaired) electrons. The average molecular weight is 376 g/mol. The van der Waals surface area contributed by atoms with Crippen molar-refractivity contribution < 1.29 is 9.59 Å². The van der Waals surface area contributed by atoms with Crippen LogP contribution < -0.4 is 0 Å². The number of hydrogen-bond acceptors (Lipinski definition) is 4. The predicted octanol–water partition coefficient (Wildman–Crippen LogP) is 3.29. The highest BCUT2D eigenvalue weighted by Gasteiger charge is 2.56. The lowest BCUT2D eigenvalue weighted by molar-refractivity contribution is -0.135. The van der Waals surface area contributed by atoms with Crippen molar-refractivity contribution in [1.29, 1.82) is 0 Å². The maximum absolute atomic E-state index is 12.9. The van der Waals surface area contributed by atoms with Gasteiger partial charge in [0.25, 0.3) is 5.91 Å². The normalized spacial score (nSPS) is 20.7. The van der Waals surface area contributed by atoms with Gasteiger partial charge in [0.2, 0.25) is 0 Å². The van der Waals surface area contributed by atoms with Crippen LogP contribution in [0.1, 0.15) is 32.3 Å². The van der Waals surface area contributed by atoms with Gasteiger partial charge in [0, 0.05) is 38.1 Å². The standard InChI is InChI=1S/C20H29N3O2S/c1-15(2)13-23-19(25)21(3)18(24)20(23)9-11-22(12-10-20)14-16-5-7-17(26-4)8-6-16/h5-8,15H,9-14H2,1-4H3. The highest BCUT2D eigenvalue weighted by Crippen LogP contribution is 2.37. The number of likely N-dealkylation sites (tertiary alicyclic amines) is 1. The van der Waals surface area contributed by atoms with Gasteiger partial charge in [-0.05, 0) is 42.7 Å². The molecule has 0 aromatic heterocycles. The molecule has 1 aromatic carbocycles. The highest BCUT2D eigenvalue weighted by molar-refractivity contribution is 7.98. The van der Waals surface area contributed by atoms with E-state index in [9.17, 15) is 9.59 Å². The van der Waals surface area contributed by atoms with Crippen LogP contribution in [0.5, 0.6) is 0 Å². The van der Waals surface area contributed by atoms with Crippen LogP contribution in [0.4, 0.5) is 4.79 Å². The van der Waals surface area contributed by atoms with Gasteiger partial charge in [-0.2, -0.15) is 0 Å². The van der Waals surface area contributed by atoms with E-state index >= 15 is 0 Å². The molecule has 0 saturated carbocycles. The van der Waals surface area contributed by atoms with Crippen molar-refractivity contribution in [1.82, 2.24) is 14.7 Å². The zero-order chi connectivity index (χ0) is 18.9. The molecule has 1 aromatic rings. The summed E-state index contributed by atoms with van der Waals surface area (Å²) in [5.41, 5.74) is 0.665. The number of rotatable bonds is 5. The van der Waals surface area contributed by atoms with Crippen LogP contribution in [0.2, 0.25) is 0 Å². The lowest BCUT2D eigenvalue weighted by Gasteiger charge is -2.42. The first-order valence-corrected chi connectivity index (χ1v) is 10.5. The van der Waals surface area contributed by atoms with E-state index in [0.29, 0.717) is 12.5 Å². The number of thioether (sulfide) groups is 1. The van der Waals surface area contributed by atoms with Gasteiger partial charge in [0.15, 0.2) is 0 Å². The molecule has 0 bridgehead atoms. The molecule has 0 atom stereocenters. The van der Waals surface area contributed by atoms with Gasteiger partial charge in [-0.25, -0.2) is 4.79 Å². The second-order valence-electron chi connectivity index (χ2n) is 7.81. The minimum Gasteiger partial charge on any atom is -0.309 e. The van der Waals surface area contributed by atoms with Gasteiger partial charge < -0.3 is 4.90 Å². The van der Waals surface area contributed by atoms with Crippen molar-refractivity contribution in [3.05, 3.63) is 29.8 Å². The van der Waals surface area contributed by atoms with Gasteiger partial charge in [-0.3, -0.25) is 14.6 Å². The molecule has 0 unspecified atom stereocenters. The first kappa shape index (κ1) is 19.2. The predicted molar refractivity (Wildman–Crippen MR) is 105 cm³/mol.